The zero-order valence-electron chi connectivity index (χ0n) is 12.3. The number of furan rings is 1. The second-order valence-electron chi connectivity index (χ2n) is 5.75. The molecule has 3 rings (SSSR count). The molecule has 1 aliphatic rings. The average Bonchev–Trinajstić information content (AvgIpc) is 3.10. The van der Waals surface area contributed by atoms with Crippen LogP contribution in [0.25, 0.3) is 0 Å². The highest BCUT2D eigenvalue weighted by Gasteiger charge is 2.45. The molecule has 5 heteroatoms. The number of rotatable bonds is 5. The molecule has 0 radical (unpaired) electrons. The quantitative estimate of drug-likeness (QED) is 0.889. The van der Waals surface area contributed by atoms with Gasteiger partial charge in [0.25, 0.3) is 5.91 Å². The third-order valence-electron chi connectivity index (χ3n) is 4.20. The number of carboxylic acid groups (broad SMARTS) is 1. The average molecular weight is 299 g/mol. The van der Waals surface area contributed by atoms with Crippen LogP contribution in [0.4, 0.5) is 0 Å². The standard InChI is InChI=1S/C17H17NO4/c1-11-4-2-3-5-12(11)17(8-9-17)10-18-15(19)13-6-7-14(22-13)16(20)21/h2-7H,8-10H2,1H3,(H,18,19)(H,20,21). The summed E-state index contributed by atoms with van der Waals surface area (Å²) >= 11 is 0. The summed E-state index contributed by atoms with van der Waals surface area (Å²) in [5.41, 5.74) is 2.49. The molecule has 1 aromatic heterocycles. The van der Waals surface area contributed by atoms with Gasteiger partial charge in [-0.1, -0.05) is 24.3 Å². The third kappa shape index (κ3) is 2.62. The van der Waals surface area contributed by atoms with Crippen molar-refractivity contribution in [2.24, 2.45) is 0 Å². The number of aryl methyl sites for hydroxylation is 1. The molecule has 1 aromatic carbocycles. The summed E-state index contributed by atoms with van der Waals surface area (Å²) in [5, 5.41) is 11.7. The zero-order chi connectivity index (χ0) is 15.7. The zero-order valence-corrected chi connectivity index (χ0v) is 12.3. The van der Waals surface area contributed by atoms with E-state index < -0.39 is 5.97 Å². The topological polar surface area (TPSA) is 79.5 Å². The Morgan fingerprint density at radius 3 is 2.45 bits per heavy atom. The molecule has 0 atom stereocenters. The molecule has 2 N–H and O–H groups in total. The van der Waals surface area contributed by atoms with Gasteiger partial charge in [0.1, 0.15) is 0 Å². The number of aromatic carboxylic acids is 1. The summed E-state index contributed by atoms with van der Waals surface area (Å²) in [5.74, 6) is -1.77. The lowest BCUT2D eigenvalue weighted by Gasteiger charge is -2.18. The van der Waals surface area contributed by atoms with E-state index in [1.807, 2.05) is 12.1 Å². The highest BCUT2D eigenvalue weighted by Crippen LogP contribution is 2.48. The van der Waals surface area contributed by atoms with Gasteiger partial charge in [-0.05, 0) is 43.0 Å². The molecule has 0 bridgehead atoms. The van der Waals surface area contributed by atoms with Crippen molar-refractivity contribution in [1.82, 2.24) is 5.32 Å². The van der Waals surface area contributed by atoms with E-state index in [1.54, 1.807) is 0 Å². The normalized spacial score (nSPS) is 15.3. The fourth-order valence-corrected chi connectivity index (χ4v) is 2.77. The van der Waals surface area contributed by atoms with Gasteiger partial charge in [-0.3, -0.25) is 4.79 Å². The number of benzene rings is 1. The Balaban J connectivity index is 1.68. The van der Waals surface area contributed by atoms with E-state index in [9.17, 15) is 9.59 Å². The number of amides is 1. The van der Waals surface area contributed by atoms with Crippen molar-refractivity contribution in [3.8, 4) is 0 Å². The van der Waals surface area contributed by atoms with E-state index in [0.717, 1.165) is 12.8 Å². The first-order valence-electron chi connectivity index (χ1n) is 7.19. The van der Waals surface area contributed by atoms with Crippen molar-refractivity contribution in [2.45, 2.75) is 25.2 Å². The highest BCUT2D eigenvalue weighted by atomic mass is 16.4. The van der Waals surface area contributed by atoms with Gasteiger partial charge in [-0.15, -0.1) is 0 Å². The van der Waals surface area contributed by atoms with Gasteiger partial charge >= 0.3 is 5.97 Å². The molecular formula is C17H17NO4. The lowest BCUT2D eigenvalue weighted by Crippen LogP contribution is -2.32. The monoisotopic (exact) mass is 299 g/mol. The van der Waals surface area contributed by atoms with Crippen LogP contribution in [0.15, 0.2) is 40.8 Å². The number of nitrogens with one attached hydrogen (secondary N) is 1. The molecule has 1 saturated carbocycles. The van der Waals surface area contributed by atoms with Gasteiger partial charge in [0, 0.05) is 12.0 Å². The molecule has 1 heterocycles. The van der Waals surface area contributed by atoms with Crippen LogP contribution in [0.5, 0.6) is 0 Å². The smallest absolute Gasteiger partial charge is 0.371 e. The van der Waals surface area contributed by atoms with Crippen molar-refractivity contribution in [2.75, 3.05) is 6.54 Å². The molecule has 0 aliphatic heterocycles. The molecule has 0 spiro atoms. The van der Waals surface area contributed by atoms with E-state index in [1.165, 1.54) is 23.3 Å². The molecule has 2 aromatic rings. The van der Waals surface area contributed by atoms with Gasteiger partial charge in [0.2, 0.25) is 5.76 Å². The summed E-state index contributed by atoms with van der Waals surface area (Å²) in [6, 6.07) is 10.9. The van der Waals surface area contributed by atoms with Gasteiger partial charge in [0.05, 0.1) is 0 Å². The van der Waals surface area contributed by atoms with Gasteiger partial charge in [-0.25, -0.2) is 4.79 Å². The van der Waals surface area contributed by atoms with E-state index >= 15 is 0 Å². The first-order chi connectivity index (χ1) is 10.5. The minimum absolute atomic E-state index is 0.00320. The lowest BCUT2D eigenvalue weighted by molar-refractivity contribution is 0.0659. The predicted molar refractivity (Wildman–Crippen MR) is 80.1 cm³/mol. The Labute approximate surface area is 127 Å². The van der Waals surface area contributed by atoms with Crippen LogP contribution in [0.2, 0.25) is 0 Å². The van der Waals surface area contributed by atoms with E-state index in [-0.39, 0.29) is 22.8 Å². The van der Waals surface area contributed by atoms with Gasteiger partial charge in [0.15, 0.2) is 5.76 Å². The Kier molecular flexibility index (Phi) is 3.48. The van der Waals surface area contributed by atoms with Crippen molar-refractivity contribution in [1.29, 1.82) is 0 Å². The largest absolute Gasteiger partial charge is 0.475 e. The summed E-state index contributed by atoms with van der Waals surface area (Å²) in [6.45, 7) is 2.60. The number of carboxylic acids is 1. The summed E-state index contributed by atoms with van der Waals surface area (Å²) in [4.78, 5) is 22.8. The van der Waals surface area contributed by atoms with Crippen molar-refractivity contribution < 1.29 is 19.1 Å². The first-order valence-corrected chi connectivity index (χ1v) is 7.19. The van der Waals surface area contributed by atoms with Gasteiger partial charge < -0.3 is 14.8 Å². The fraction of sp³-hybridized carbons (Fsp3) is 0.294. The Morgan fingerprint density at radius 2 is 1.86 bits per heavy atom. The number of carbonyl (C=O) groups excluding carboxylic acids is 1. The van der Waals surface area contributed by atoms with Crippen LogP contribution >= 0.6 is 0 Å². The van der Waals surface area contributed by atoms with Crippen LogP contribution in [0.3, 0.4) is 0 Å². The predicted octanol–water partition coefficient (Wildman–Crippen LogP) is 2.75. The minimum atomic E-state index is -1.18. The van der Waals surface area contributed by atoms with Crippen molar-refractivity contribution in [3.05, 3.63) is 59.0 Å². The summed E-state index contributed by atoms with van der Waals surface area (Å²) in [7, 11) is 0. The highest BCUT2D eigenvalue weighted by molar-refractivity contribution is 5.93. The van der Waals surface area contributed by atoms with Crippen LogP contribution in [0, 0.1) is 6.92 Å². The molecule has 1 amide bonds. The lowest BCUT2D eigenvalue weighted by atomic mass is 9.92. The molecule has 5 nitrogen and oxygen atoms in total. The van der Waals surface area contributed by atoms with Crippen LogP contribution in [-0.2, 0) is 5.41 Å². The maximum atomic E-state index is 12.1. The third-order valence-corrected chi connectivity index (χ3v) is 4.20. The van der Waals surface area contributed by atoms with Crippen molar-refractivity contribution >= 4 is 11.9 Å². The summed E-state index contributed by atoms with van der Waals surface area (Å²) in [6.07, 6.45) is 2.08. The molecular weight excluding hydrogens is 282 g/mol. The molecule has 1 aliphatic carbocycles. The molecule has 1 fully saturated rings. The molecule has 0 saturated heterocycles. The second-order valence-corrected chi connectivity index (χ2v) is 5.75. The Hall–Kier alpha value is -2.56. The van der Waals surface area contributed by atoms with E-state index in [0.29, 0.717) is 6.54 Å². The summed E-state index contributed by atoms with van der Waals surface area (Å²) < 4.78 is 5.01. The van der Waals surface area contributed by atoms with E-state index in [4.69, 9.17) is 9.52 Å². The maximum absolute atomic E-state index is 12.1. The molecule has 114 valence electrons. The molecule has 22 heavy (non-hydrogen) atoms. The Bertz CT molecular complexity index is 728. The van der Waals surface area contributed by atoms with Crippen LogP contribution < -0.4 is 5.32 Å². The maximum Gasteiger partial charge on any atom is 0.371 e. The second kappa shape index (κ2) is 5.33. The SMILES string of the molecule is Cc1ccccc1C1(CNC(=O)c2ccc(C(=O)O)o2)CC1. The number of carbonyl (C=O) groups is 2. The molecule has 0 unspecified atom stereocenters. The van der Waals surface area contributed by atoms with Crippen LogP contribution in [-0.4, -0.2) is 23.5 Å². The number of hydrogen-bond donors (Lipinski definition) is 2. The van der Waals surface area contributed by atoms with Gasteiger partial charge in [-0.2, -0.15) is 0 Å². The van der Waals surface area contributed by atoms with Crippen LogP contribution in [0.1, 0.15) is 45.1 Å². The Morgan fingerprint density at radius 1 is 1.18 bits per heavy atom. The minimum Gasteiger partial charge on any atom is -0.475 e. The van der Waals surface area contributed by atoms with E-state index in [2.05, 4.69) is 24.4 Å². The first kappa shape index (κ1) is 14.4. The fourth-order valence-electron chi connectivity index (χ4n) is 2.77. The van der Waals surface area contributed by atoms with Crippen molar-refractivity contribution in [3.63, 3.8) is 0 Å². The number of hydrogen-bond acceptors (Lipinski definition) is 3.